The van der Waals surface area contributed by atoms with Gasteiger partial charge in [-0.2, -0.15) is 0 Å². The number of methoxy groups -OCH3 is 1. The second-order valence-corrected chi connectivity index (χ2v) is 6.74. The summed E-state index contributed by atoms with van der Waals surface area (Å²) >= 11 is 1.54. The first kappa shape index (κ1) is 16.2. The molecule has 1 aliphatic rings. The summed E-state index contributed by atoms with van der Waals surface area (Å²) in [6, 6.07) is 7.72. The Morgan fingerprint density at radius 1 is 1.33 bits per heavy atom. The van der Waals surface area contributed by atoms with Gasteiger partial charge >= 0.3 is 0 Å². The number of amides is 1. The van der Waals surface area contributed by atoms with Crippen LogP contribution in [-0.2, 0) is 4.79 Å². The van der Waals surface area contributed by atoms with E-state index in [0.717, 1.165) is 30.0 Å². The molecule has 0 aromatic heterocycles. The molecule has 1 heterocycles. The first-order valence-corrected chi connectivity index (χ1v) is 8.26. The molecule has 1 aromatic carbocycles. The number of rotatable bonds is 4. The van der Waals surface area contributed by atoms with Crippen molar-refractivity contribution in [2.45, 2.75) is 36.7 Å². The van der Waals surface area contributed by atoms with Crippen molar-refractivity contribution in [1.82, 2.24) is 4.90 Å². The molecular formula is C16H23NO3S. The van der Waals surface area contributed by atoms with E-state index in [9.17, 15) is 9.90 Å². The van der Waals surface area contributed by atoms with E-state index >= 15 is 0 Å². The zero-order valence-electron chi connectivity index (χ0n) is 12.7. The van der Waals surface area contributed by atoms with Gasteiger partial charge in [-0.3, -0.25) is 4.79 Å². The zero-order chi connectivity index (χ0) is 15.3. The lowest BCUT2D eigenvalue weighted by molar-refractivity contribution is -0.128. The highest BCUT2D eigenvalue weighted by molar-refractivity contribution is 8.00. The summed E-state index contributed by atoms with van der Waals surface area (Å²) in [5, 5.41) is 10.1. The molecule has 2 rings (SSSR count). The molecule has 116 valence electrons. The van der Waals surface area contributed by atoms with Crippen molar-refractivity contribution in [2.75, 3.05) is 26.0 Å². The monoisotopic (exact) mass is 309 g/mol. The number of nitrogens with zero attached hydrogens (tertiary/aromatic N) is 1. The van der Waals surface area contributed by atoms with Gasteiger partial charge in [-0.05, 0) is 50.5 Å². The molecule has 4 nitrogen and oxygen atoms in total. The van der Waals surface area contributed by atoms with Crippen LogP contribution in [0.2, 0.25) is 0 Å². The molecule has 1 N–H and O–H groups in total. The fraction of sp³-hybridized carbons (Fsp3) is 0.562. The number of carbonyl (C=O) groups excluding carboxylic acids is 1. The van der Waals surface area contributed by atoms with Gasteiger partial charge < -0.3 is 14.7 Å². The Morgan fingerprint density at radius 2 is 2.05 bits per heavy atom. The number of hydrogen-bond donors (Lipinski definition) is 1. The Hall–Kier alpha value is -1.20. The molecule has 0 saturated carbocycles. The number of hydrogen-bond acceptors (Lipinski definition) is 4. The number of carbonyl (C=O) groups is 1. The van der Waals surface area contributed by atoms with Crippen LogP contribution in [0.4, 0.5) is 0 Å². The normalized spacial score (nSPS) is 22.7. The van der Waals surface area contributed by atoms with Gasteiger partial charge in [-0.1, -0.05) is 0 Å². The minimum Gasteiger partial charge on any atom is -0.497 e. The SMILES string of the molecule is COc1ccc(SCC(=O)N2CCCC(C)(O)CC2)cc1. The number of ether oxygens (including phenoxy) is 1. The van der Waals surface area contributed by atoms with Crippen LogP contribution in [0.3, 0.4) is 0 Å². The zero-order valence-corrected chi connectivity index (χ0v) is 13.5. The Kier molecular flexibility index (Phi) is 5.53. The van der Waals surface area contributed by atoms with Crippen LogP contribution in [0.25, 0.3) is 0 Å². The first-order chi connectivity index (χ1) is 10.00. The van der Waals surface area contributed by atoms with Crippen molar-refractivity contribution in [3.05, 3.63) is 24.3 Å². The van der Waals surface area contributed by atoms with Crippen molar-refractivity contribution in [1.29, 1.82) is 0 Å². The summed E-state index contributed by atoms with van der Waals surface area (Å²) in [5.41, 5.74) is -0.627. The average Bonchev–Trinajstić information content (AvgIpc) is 2.66. The lowest BCUT2D eigenvalue weighted by Crippen LogP contribution is -2.34. The van der Waals surface area contributed by atoms with Crippen molar-refractivity contribution in [3.8, 4) is 5.75 Å². The Labute approximate surface area is 130 Å². The van der Waals surface area contributed by atoms with Gasteiger partial charge in [0.2, 0.25) is 5.91 Å². The molecule has 0 bridgehead atoms. The third-order valence-electron chi connectivity index (χ3n) is 3.84. The lowest BCUT2D eigenvalue weighted by atomic mass is 9.98. The van der Waals surface area contributed by atoms with E-state index in [1.54, 1.807) is 7.11 Å². The van der Waals surface area contributed by atoms with Crippen LogP contribution < -0.4 is 4.74 Å². The second kappa shape index (κ2) is 7.18. The molecule has 1 amide bonds. The van der Waals surface area contributed by atoms with Gasteiger partial charge in [-0.25, -0.2) is 0 Å². The molecular weight excluding hydrogens is 286 g/mol. The maximum atomic E-state index is 12.3. The van der Waals surface area contributed by atoms with E-state index in [0.29, 0.717) is 18.7 Å². The van der Waals surface area contributed by atoms with Crippen molar-refractivity contribution >= 4 is 17.7 Å². The Bertz CT molecular complexity index is 473. The van der Waals surface area contributed by atoms with Crippen LogP contribution in [0.15, 0.2) is 29.2 Å². The first-order valence-electron chi connectivity index (χ1n) is 7.27. The number of thioether (sulfide) groups is 1. The molecule has 0 aliphatic carbocycles. The third kappa shape index (κ3) is 4.93. The van der Waals surface area contributed by atoms with Gasteiger partial charge in [0.25, 0.3) is 0 Å². The minimum atomic E-state index is -0.627. The molecule has 1 unspecified atom stereocenters. The van der Waals surface area contributed by atoms with Gasteiger partial charge in [0.05, 0.1) is 18.5 Å². The third-order valence-corrected chi connectivity index (χ3v) is 4.83. The van der Waals surface area contributed by atoms with Crippen LogP contribution in [0, 0.1) is 0 Å². The van der Waals surface area contributed by atoms with E-state index in [4.69, 9.17) is 4.74 Å². The lowest BCUT2D eigenvalue weighted by Gasteiger charge is -2.22. The molecule has 0 radical (unpaired) electrons. The summed E-state index contributed by atoms with van der Waals surface area (Å²) in [5.74, 6) is 1.41. The maximum absolute atomic E-state index is 12.3. The topological polar surface area (TPSA) is 49.8 Å². The van der Waals surface area contributed by atoms with Crippen molar-refractivity contribution < 1.29 is 14.6 Å². The van der Waals surface area contributed by atoms with Gasteiger partial charge in [0.15, 0.2) is 0 Å². The van der Waals surface area contributed by atoms with E-state index in [1.165, 1.54) is 11.8 Å². The van der Waals surface area contributed by atoms with Crippen molar-refractivity contribution in [3.63, 3.8) is 0 Å². The van der Waals surface area contributed by atoms with Crippen molar-refractivity contribution in [2.24, 2.45) is 0 Å². The summed E-state index contributed by atoms with van der Waals surface area (Å²) in [6.07, 6.45) is 2.29. The van der Waals surface area contributed by atoms with Crippen LogP contribution >= 0.6 is 11.8 Å². The van der Waals surface area contributed by atoms with Gasteiger partial charge in [0.1, 0.15) is 5.75 Å². The smallest absolute Gasteiger partial charge is 0.232 e. The number of aliphatic hydroxyl groups is 1. The highest BCUT2D eigenvalue weighted by Gasteiger charge is 2.26. The molecule has 0 spiro atoms. The summed E-state index contributed by atoms with van der Waals surface area (Å²) in [4.78, 5) is 15.2. The van der Waals surface area contributed by atoms with E-state index in [1.807, 2.05) is 36.1 Å². The molecule has 1 aliphatic heterocycles. The summed E-state index contributed by atoms with van der Waals surface area (Å²) in [7, 11) is 1.64. The summed E-state index contributed by atoms with van der Waals surface area (Å²) < 4.78 is 5.12. The van der Waals surface area contributed by atoms with E-state index < -0.39 is 5.60 Å². The Balaban J connectivity index is 1.83. The average molecular weight is 309 g/mol. The van der Waals surface area contributed by atoms with Gasteiger partial charge in [-0.15, -0.1) is 11.8 Å². The highest BCUT2D eigenvalue weighted by atomic mass is 32.2. The van der Waals surface area contributed by atoms with Crippen LogP contribution in [-0.4, -0.2) is 47.5 Å². The number of benzene rings is 1. The Morgan fingerprint density at radius 3 is 2.71 bits per heavy atom. The predicted molar refractivity (Wildman–Crippen MR) is 84.8 cm³/mol. The maximum Gasteiger partial charge on any atom is 0.232 e. The quantitative estimate of drug-likeness (QED) is 0.869. The standard InChI is InChI=1S/C16H23NO3S/c1-16(19)8-3-10-17(11-9-16)15(18)12-21-14-6-4-13(20-2)5-7-14/h4-7,19H,3,8-12H2,1-2H3. The molecule has 5 heteroatoms. The fourth-order valence-corrected chi connectivity index (χ4v) is 3.22. The molecule has 1 saturated heterocycles. The van der Waals surface area contributed by atoms with E-state index in [-0.39, 0.29) is 5.91 Å². The number of likely N-dealkylation sites (tertiary alicyclic amines) is 1. The van der Waals surface area contributed by atoms with Crippen LogP contribution in [0.5, 0.6) is 5.75 Å². The fourth-order valence-electron chi connectivity index (χ4n) is 2.42. The minimum absolute atomic E-state index is 0.147. The van der Waals surface area contributed by atoms with Gasteiger partial charge in [0, 0.05) is 18.0 Å². The van der Waals surface area contributed by atoms with Crippen LogP contribution in [0.1, 0.15) is 26.2 Å². The molecule has 1 atom stereocenters. The molecule has 1 fully saturated rings. The van der Waals surface area contributed by atoms with E-state index in [2.05, 4.69) is 0 Å². The predicted octanol–water partition coefficient (Wildman–Crippen LogP) is 2.55. The second-order valence-electron chi connectivity index (χ2n) is 5.70. The molecule has 1 aromatic rings. The summed E-state index contributed by atoms with van der Waals surface area (Å²) in [6.45, 7) is 3.25. The largest absolute Gasteiger partial charge is 0.497 e. The highest BCUT2D eigenvalue weighted by Crippen LogP contribution is 2.24. The molecule has 21 heavy (non-hydrogen) atoms.